The summed E-state index contributed by atoms with van der Waals surface area (Å²) in [6, 6.07) is 0.195. The summed E-state index contributed by atoms with van der Waals surface area (Å²) in [5.41, 5.74) is 0.929. The van der Waals surface area contributed by atoms with Crippen LogP contribution in [0.4, 0.5) is 0 Å². The van der Waals surface area contributed by atoms with Gasteiger partial charge in [-0.15, -0.1) is 0 Å². The smallest absolute Gasteiger partial charge is 0.0755 e. The van der Waals surface area contributed by atoms with Gasteiger partial charge in [0, 0.05) is 25.1 Å². The molecule has 1 rings (SSSR count). The zero-order valence-electron chi connectivity index (χ0n) is 8.01. The third kappa shape index (κ3) is 2.75. The van der Waals surface area contributed by atoms with Gasteiger partial charge in [-0.2, -0.15) is 0 Å². The normalized spacial score (nSPS) is 13.2. The average molecular weight is 181 g/mol. The molecule has 0 aliphatic rings. The van der Waals surface area contributed by atoms with Gasteiger partial charge in [0.1, 0.15) is 0 Å². The van der Waals surface area contributed by atoms with E-state index < -0.39 is 0 Å². The summed E-state index contributed by atoms with van der Waals surface area (Å²) < 4.78 is 0. The molecule has 0 unspecified atom stereocenters. The second-order valence-electron chi connectivity index (χ2n) is 3.01. The Morgan fingerprint density at radius 1 is 1.54 bits per heavy atom. The van der Waals surface area contributed by atoms with Crippen molar-refractivity contribution in [3.05, 3.63) is 24.3 Å². The lowest BCUT2D eigenvalue weighted by Crippen LogP contribution is -2.26. The van der Waals surface area contributed by atoms with Crippen LogP contribution in [0, 0.1) is 0 Å². The molecule has 0 spiro atoms. The van der Waals surface area contributed by atoms with Gasteiger partial charge < -0.3 is 5.11 Å². The van der Waals surface area contributed by atoms with E-state index in [1.54, 1.807) is 18.6 Å². The summed E-state index contributed by atoms with van der Waals surface area (Å²) in [6.45, 7) is 2.86. The summed E-state index contributed by atoms with van der Waals surface area (Å²) in [6.07, 6.45) is 5.08. The lowest BCUT2D eigenvalue weighted by atomic mass is 10.2. The highest BCUT2D eigenvalue weighted by atomic mass is 16.3. The summed E-state index contributed by atoms with van der Waals surface area (Å²) in [4.78, 5) is 10.2. The van der Waals surface area contributed by atoms with Crippen LogP contribution in [0.25, 0.3) is 0 Å². The molecule has 4 nitrogen and oxygen atoms in total. The molecule has 1 heterocycles. The molecule has 0 fully saturated rings. The van der Waals surface area contributed by atoms with Gasteiger partial charge >= 0.3 is 0 Å². The molecule has 0 aliphatic carbocycles. The molecule has 0 radical (unpaired) electrons. The van der Waals surface area contributed by atoms with Crippen LogP contribution in [0.1, 0.15) is 18.7 Å². The van der Waals surface area contributed by atoms with Crippen LogP contribution in [-0.2, 0) is 0 Å². The first-order valence-electron chi connectivity index (χ1n) is 4.32. The maximum Gasteiger partial charge on any atom is 0.0755 e. The molecule has 0 amide bonds. The molecule has 1 aromatic heterocycles. The molecule has 0 aliphatic heterocycles. The van der Waals surface area contributed by atoms with Gasteiger partial charge in [-0.05, 0) is 14.0 Å². The lowest BCUT2D eigenvalue weighted by Gasteiger charge is -2.22. The van der Waals surface area contributed by atoms with Gasteiger partial charge in [0.2, 0.25) is 0 Å². The van der Waals surface area contributed by atoms with Gasteiger partial charge in [-0.1, -0.05) is 0 Å². The molecule has 1 N–H and O–H groups in total. The van der Waals surface area contributed by atoms with Crippen molar-refractivity contribution in [3.8, 4) is 0 Å². The van der Waals surface area contributed by atoms with Crippen molar-refractivity contribution in [3.63, 3.8) is 0 Å². The summed E-state index contributed by atoms with van der Waals surface area (Å²) in [5, 5.41) is 8.75. The fraction of sp³-hybridized carbons (Fsp3) is 0.556. The van der Waals surface area contributed by atoms with E-state index in [0.717, 1.165) is 5.69 Å². The van der Waals surface area contributed by atoms with Crippen molar-refractivity contribution in [2.24, 2.45) is 0 Å². The monoisotopic (exact) mass is 181 g/mol. The third-order valence-corrected chi connectivity index (χ3v) is 2.13. The number of aromatic nitrogens is 2. The molecule has 72 valence electrons. The van der Waals surface area contributed by atoms with Crippen molar-refractivity contribution >= 4 is 0 Å². The van der Waals surface area contributed by atoms with Crippen LogP contribution in [0.15, 0.2) is 18.6 Å². The van der Waals surface area contributed by atoms with Crippen LogP contribution in [0.5, 0.6) is 0 Å². The average Bonchev–Trinajstić information content (AvgIpc) is 2.18. The first-order chi connectivity index (χ1) is 6.25. The highest BCUT2D eigenvalue weighted by molar-refractivity contribution is 5.00. The van der Waals surface area contributed by atoms with E-state index in [9.17, 15) is 0 Å². The SMILES string of the molecule is C[C@@H](c1cnccn1)N(C)CCO. The van der Waals surface area contributed by atoms with E-state index in [-0.39, 0.29) is 12.6 Å². The van der Waals surface area contributed by atoms with Gasteiger partial charge in [0.15, 0.2) is 0 Å². The minimum absolute atomic E-state index is 0.168. The van der Waals surface area contributed by atoms with Crippen molar-refractivity contribution < 1.29 is 5.11 Å². The van der Waals surface area contributed by atoms with Gasteiger partial charge in [-0.3, -0.25) is 14.9 Å². The number of likely N-dealkylation sites (N-methyl/N-ethyl adjacent to an activating group) is 1. The number of nitrogens with zero attached hydrogens (tertiary/aromatic N) is 3. The summed E-state index contributed by atoms with van der Waals surface area (Å²) >= 11 is 0. The molecule has 0 bridgehead atoms. The maximum atomic E-state index is 8.75. The predicted octanol–water partition coefficient (Wildman–Crippen LogP) is 0.462. The zero-order chi connectivity index (χ0) is 9.68. The Labute approximate surface area is 78.2 Å². The van der Waals surface area contributed by atoms with E-state index >= 15 is 0 Å². The highest BCUT2D eigenvalue weighted by Gasteiger charge is 2.11. The molecule has 13 heavy (non-hydrogen) atoms. The number of aliphatic hydroxyl groups excluding tert-OH is 1. The molecule has 1 atom stereocenters. The van der Waals surface area contributed by atoms with Crippen molar-refractivity contribution in [2.75, 3.05) is 20.2 Å². The zero-order valence-corrected chi connectivity index (χ0v) is 8.01. The Balaban J connectivity index is 2.62. The van der Waals surface area contributed by atoms with E-state index in [2.05, 4.69) is 9.97 Å². The van der Waals surface area contributed by atoms with Crippen molar-refractivity contribution in [1.82, 2.24) is 14.9 Å². The van der Waals surface area contributed by atoms with Gasteiger partial charge in [0.05, 0.1) is 18.3 Å². The number of aliphatic hydroxyl groups is 1. The first kappa shape index (κ1) is 10.1. The first-order valence-corrected chi connectivity index (χ1v) is 4.32. The Bertz CT molecular complexity index is 240. The quantitative estimate of drug-likeness (QED) is 0.733. The van der Waals surface area contributed by atoms with Crippen LogP contribution in [0.2, 0.25) is 0 Å². The lowest BCUT2D eigenvalue weighted by molar-refractivity contribution is 0.186. The molecule has 1 aromatic rings. The van der Waals surface area contributed by atoms with Gasteiger partial charge in [-0.25, -0.2) is 0 Å². The minimum atomic E-state index is 0.168. The topological polar surface area (TPSA) is 49.2 Å². The molecule has 0 aromatic carbocycles. The van der Waals surface area contributed by atoms with Crippen molar-refractivity contribution in [1.29, 1.82) is 0 Å². The molecule has 4 heteroatoms. The van der Waals surface area contributed by atoms with Crippen LogP contribution in [-0.4, -0.2) is 40.2 Å². The van der Waals surface area contributed by atoms with E-state index in [0.29, 0.717) is 6.54 Å². The number of rotatable bonds is 4. The van der Waals surface area contributed by atoms with Crippen LogP contribution >= 0.6 is 0 Å². The Morgan fingerprint density at radius 2 is 2.31 bits per heavy atom. The Hall–Kier alpha value is -1.00. The fourth-order valence-corrected chi connectivity index (χ4v) is 1.10. The standard InChI is InChI=1S/C9H15N3O/c1-8(12(2)5-6-13)9-7-10-3-4-11-9/h3-4,7-8,13H,5-6H2,1-2H3/t8-/m0/s1. The number of hydrogen-bond donors (Lipinski definition) is 1. The van der Waals surface area contributed by atoms with E-state index in [1.807, 2.05) is 18.9 Å². The maximum absolute atomic E-state index is 8.75. The summed E-state index contributed by atoms with van der Waals surface area (Å²) in [7, 11) is 1.95. The second-order valence-corrected chi connectivity index (χ2v) is 3.01. The number of hydrogen-bond acceptors (Lipinski definition) is 4. The second kappa shape index (κ2) is 4.89. The van der Waals surface area contributed by atoms with Gasteiger partial charge in [0.25, 0.3) is 0 Å². The Morgan fingerprint density at radius 3 is 2.85 bits per heavy atom. The minimum Gasteiger partial charge on any atom is -0.395 e. The highest BCUT2D eigenvalue weighted by Crippen LogP contribution is 2.13. The predicted molar refractivity (Wildman–Crippen MR) is 50.2 cm³/mol. The largest absolute Gasteiger partial charge is 0.395 e. The fourth-order valence-electron chi connectivity index (χ4n) is 1.10. The molecular formula is C9H15N3O. The molecular weight excluding hydrogens is 166 g/mol. The molecule has 0 saturated carbocycles. The Kier molecular flexibility index (Phi) is 3.79. The van der Waals surface area contributed by atoms with Crippen LogP contribution < -0.4 is 0 Å². The summed E-state index contributed by atoms with van der Waals surface area (Å²) in [5.74, 6) is 0. The van der Waals surface area contributed by atoms with Crippen LogP contribution in [0.3, 0.4) is 0 Å². The van der Waals surface area contributed by atoms with Crippen molar-refractivity contribution in [2.45, 2.75) is 13.0 Å². The molecule has 0 saturated heterocycles. The third-order valence-electron chi connectivity index (χ3n) is 2.13. The van der Waals surface area contributed by atoms with E-state index in [1.165, 1.54) is 0 Å². The van der Waals surface area contributed by atoms with E-state index in [4.69, 9.17) is 5.11 Å².